The van der Waals surface area contributed by atoms with Crippen molar-refractivity contribution in [3.8, 4) is 5.75 Å². The van der Waals surface area contributed by atoms with Crippen LogP contribution in [0.2, 0.25) is 0 Å². The number of benzene rings is 2. The fourth-order valence-corrected chi connectivity index (χ4v) is 4.05. The van der Waals surface area contributed by atoms with Crippen LogP contribution in [0.15, 0.2) is 30.3 Å². The lowest BCUT2D eigenvalue weighted by Crippen LogP contribution is -2.41. The van der Waals surface area contributed by atoms with Gasteiger partial charge in [-0.1, -0.05) is 13.8 Å². The summed E-state index contributed by atoms with van der Waals surface area (Å²) in [6, 6.07) is 7.09. The number of nitrogens with one attached hydrogen (secondary N) is 1. The molecule has 0 unspecified atom stereocenters. The average molecular weight is 414 g/mol. The van der Waals surface area contributed by atoms with E-state index in [2.05, 4.69) is 19.2 Å². The number of ether oxygens (including phenoxy) is 2. The first-order valence-electron chi connectivity index (χ1n) is 9.84. The third-order valence-electron chi connectivity index (χ3n) is 5.08. The highest BCUT2D eigenvalue weighted by atomic mass is 19.1. The van der Waals surface area contributed by atoms with Crippen molar-refractivity contribution in [2.75, 3.05) is 17.7 Å². The van der Waals surface area contributed by atoms with Crippen LogP contribution < -0.4 is 15.8 Å². The van der Waals surface area contributed by atoms with E-state index >= 15 is 0 Å². The Balaban J connectivity index is 1.87. The average Bonchev–Trinajstić information content (AvgIpc) is 2.61. The highest BCUT2D eigenvalue weighted by Gasteiger charge is 2.40. The lowest BCUT2D eigenvalue weighted by molar-refractivity contribution is 0.0519. The number of carbonyl (C=O) groups is 2. The summed E-state index contributed by atoms with van der Waals surface area (Å²) in [5.41, 5.74) is 7.33. The molecule has 2 aromatic carbocycles. The van der Waals surface area contributed by atoms with Gasteiger partial charge < -0.3 is 20.5 Å². The van der Waals surface area contributed by atoms with E-state index in [-0.39, 0.29) is 28.7 Å². The van der Waals surface area contributed by atoms with Gasteiger partial charge in [0.25, 0.3) is 5.91 Å². The molecule has 160 valence electrons. The van der Waals surface area contributed by atoms with Gasteiger partial charge in [-0.2, -0.15) is 0 Å². The molecule has 30 heavy (non-hydrogen) atoms. The molecule has 2 aromatic rings. The Hall–Kier alpha value is -3.09. The topological polar surface area (TPSA) is 90.7 Å². The fraction of sp³-hybridized carbons (Fsp3) is 0.391. The molecule has 1 amide bonds. The Morgan fingerprint density at radius 2 is 1.90 bits per heavy atom. The van der Waals surface area contributed by atoms with Crippen molar-refractivity contribution in [3.63, 3.8) is 0 Å². The Labute approximate surface area is 175 Å². The van der Waals surface area contributed by atoms with Crippen LogP contribution in [-0.4, -0.2) is 24.1 Å². The van der Waals surface area contributed by atoms with Crippen LogP contribution in [0.5, 0.6) is 5.75 Å². The van der Waals surface area contributed by atoms with Gasteiger partial charge in [0.2, 0.25) is 0 Å². The largest absolute Gasteiger partial charge is 0.485 e. The van der Waals surface area contributed by atoms with Crippen molar-refractivity contribution < 1.29 is 23.5 Å². The molecule has 0 bridgehead atoms. The summed E-state index contributed by atoms with van der Waals surface area (Å²) < 4.78 is 25.1. The number of halogens is 1. The molecule has 0 radical (unpaired) electrons. The molecule has 0 fully saturated rings. The van der Waals surface area contributed by atoms with Crippen molar-refractivity contribution >= 4 is 23.3 Å². The van der Waals surface area contributed by atoms with Gasteiger partial charge in [0, 0.05) is 16.8 Å². The van der Waals surface area contributed by atoms with Crippen LogP contribution in [-0.2, 0) is 10.2 Å². The van der Waals surface area contributed by atoms with Gasteiger partial charge in [-0.3, -0.25) is 4.79 Å². The molecular formula is C23H27FN2O4. The minimum Gasteiger partial charge on any atom is -0.485 e. The number of rotatable bonds is 4. The van der Waals surface area contributed by atoms with E-state index in [4.69, 9.17) is 15.2 Å². The van der Waals surface area contributed by atoms with Gasteiger partial charge in [0.05, 0.1) is 17.9 Å². The van der Waals surface area contributed by atoms with Crippen molar-refractivity contribution in [2.24, 2.45) is 0 Å². The fourth-order valence-electron chi connectivity index (χ4n) is 4.05. The monoisotopic (exact) mass is 414 g/mol. The molecule has 0 aliphatic carbocycles. The molecule has 3 N–H and O–H groups in total. The Bertz CT molecular complexity index is 1010. The van der Waals surface area contributed by atoms with E-state index in [0.717, 1.165) is 18.1 Å². The normalized spacial score (nSPS) is 16.2. The van der Waals surface area contributed by atoms with Crippen LogP contribution in [0.25, 0.3) is 0 Å². The molecule has 0 saturated carbocycles. The SMILES string of the molecule is CCOC(=O)c1ccc(C(=O)Nc2cc(N)c3c(c2)C(C)(C)CC(C)(C)O3)cc1F. The lowest BCUT2D eigenvalue weighted by atomic mass is 9.73. The summed E-state index contributed by atoms with van der Waals surface area (Å²) in [7, 11) is 0. The number of fused-ring (bicyclic) bond motifs is 1. The van der Waals surface area contributed by atoms with E-state index in [1.165, 1.54) is 12.1 Å². The Kier molecular flexibility index (Phi) is 5.50. The van der Waals surface area contributed by atoms with Crippen LogP contribution >= 0.6 is 0 Å². The molecule has 1 aliphatic heterocycles. The highest BCUT2D eigenvalue weighted by Crippen LogP contribution is 2.48. The number of hydrogen-bond donors (Lipinski definition) is 2. The molecule has 3 rings (SSSR count). The predicted molar refractivity (Wildman–Crippen MR) is 114 cm³/mol. The number of nitrogens with two attached hydrogens (primary N) is 1. The van der Waals surface area contributed by atoms with E-state index < -0.39 is 17.7 Å². The summed E-state index contributed by atoms with van der Waals surface area (Å²) >= 11 is 0. The second-order valence-corrected chi connectivity index (χ2v) is 8.73. The number of carbonyl (C=O) groups excluding carboxylic acids is 2. The minimum absolute atomic E-state index is 0.0773. The zero-order chi connectivity index (χ0) is 22.3. The maximum atomic E-state index is 14.3. The summed E-state index contributed by atoms with van der Waals surface area (Å²) in [5.74, 6) is -1.48. The van der Waals surface area contributed by atoms with Crippen molar-refractivity contribution in [2.45, 2.75) is 52.1 Å². The zero-order valence-corrected chi connectivity index (χ0v) is 17.9. The number of amides is 1. The summed E-state index contributed by atoms with van der Waals surface area (Å²) in [6.45, 7) is 10.0. The van der Waals surface area contributed by atoms with Crippen molar-refractivity contribution in [1.82, 2.24) is 0 Å². The van der Waals surface area contributed by atoms with Gasteiger partial charge in [-0.15, -0.1) is 0 Å². The van der Waals surface area contributed by atoms with Gasteiger partial charge in [0.15, 0.2) is 0 Å². The lowest BCUT2D eigenvalue weighted by Gasteiger charge is -2.43. The smallest absolute Gasteiger partial charge is 0.341 e. The van der Waals surface area contributed by atoms with Gasteiger partial charge in [0.1, 0.15) is 17.2 Å². The minimum atomic E-state index is -0.817. The molecule has 6 nitrogen and oxygen atoms in total. The first kappa shape index (κ1) is 21.6. The standard InChI is InChI=1S/C23H27FN2O4/c1-6-29-21(28)15-8-7-13(9-17(15)24)20(27)26-14-10-16-19(18(25)11-14)30-23(4,5)12-22(16,2)3/h7-11H,6,12,25H2,1-5H3,(H,26,27). The Morgan fingerprint density at radius 3 is 2.53 bits per heavy atom. The molecule has 1 aliphatic rings. The summed E-state index contributed by atoms with van der Waals surface area (Å²) in [5, 5.41) is 2.75. The molecular weight excluding hydrogens is 387 g/mol. The maximum Gasteiger partial charge on any atom is 0.341 e. The quantitative estimate of drug-likeness (QED) is 0.560. The van der Waals surface area contributed by atoms with E-state index in [1.54, 1.807) is 13.0 Å². The third kappa shape index (κ3) is 4.25. The molecule has 1 heterocycles. The number of hydrogen-bond acceptors (Lipinski definition) is 5. The highest BCUT2D eigenvalue weighted by molar-refractivity contribution is 6.05. The van der Waals surface area contributed by atoms with E-state index in [9.17, 15) is 14.0 Å². The van der Waals surface area contributed by atoms with Crippen molar-refractivity contribution in [3.05, 3.63) is 52.8 Å². The predicted octanol–water partition coefficient (Wildman–Crippen LogP) is 4.68. The number of anilines is 2. The first-order chi connectivity index (χ1) is 13.9. The number of nitrogen functional groups attached to an aromatic ring is 1. The van der Waals surface area contributed by atoms with Crippen LogP contribution in [0.1, 0.15) is 67.3 Å². The van der Waals surface area contributed by atoms with Gasteiger partial charge in [-0.25, -0.2) is 9.18 Å². The van der Waals surface area contributed by atoms with Crippen LogP contribution in [0.4, 0.5) is 15.8 Å². The van der Waals surface area contributed by atoms with Crippen LogP contribution in [0.3, 0.4) is 0 Å². The number of esters is 1. The summed E-state index contributed by atoms with van der Waals surface area (Å²) in [4.78, 5) is 24.4. The molecule has 7 heteroatoms. The van der Waals surface area contributed by atoms with Crippen molar-refractivity contribution in [1.29, 1.82) is 0 Å². The van der Waals surface area contributed by atoms with Crippen LogP contribution in [0, 0.1) is 5.82 Å². The third-order valence-corrected chi connectivity index (χ3v) is 5.08. The second-order valence-electron chi connectivity index (χ2n) is 8.73. The van der Waals surface area contributed by atoms with Gasteiger partial charge >= 0.3 is 5.97 Å². The van der Waals surface area contributed by atoms with E-state index in [1.807, 2.05) is 19.9 Å². The Morgan fingerprint density at radius 1 is 1.20 bits per heavy atom. The molecule has 0 atom stereocenters. The van der Waals surface area contributed by atoms with Gasteiger partial charge in [-0.05, 0) is 62.9 Å². The van der Waals surface area contributed by atoms with E-state index in [0.29, 0.717) is 17.1 Å². The first-order valence-corrected chi connectivity index (χ1v) is 9.84. The molecule has 0 aromatic heterocycles. The maximum absolute atomic E-state index is 14.3. The molecule has 0 spiro atoms. The summed E-state index contributed by atoms with van der Waals surface area (Å²) in [6.07, 6.45) is 0.782. The zero-order valence-electron chi connectivity index (χ0n) is 17.9. The molecule has 0 saturated heterocycles. The second kappa shape index (κ2) is 7.63.